The molecule has 1 aliphatic rings. The molecule has 0 saturated carbocycles. The minimum Gasteiger partial charge on any atom is -0.508 e. The van der Waals surface area contributed by atoms with Crippen molar-refractivity contribution in [3.63, 3.8) is 0 Å². The van der Waals surface area contributed by atoms with Crippen LogP contribution in [0.3, 0.4) is 0 Å². The highest BCUT2D eigenvalue weighted by Gasteiger charge is 2.34. The Labute approximate surface area is 168 Å². The van der Waals surface area contributed by atoms with E-state index in [1.807, 2.05) is 38.1 Å². The number of hydrogen-bond acceptors (Lipinski definition) is 7. The predicted octanol–water partition coefficient (Wildman–Crippen LogP) is 3.96. The van der Waals surface area contributed by atoms with E-state index in [1.54, 1.807) is 30.3 Å². The zero-order valence-electron chi connectivity index (χ0n) is 16.2. The number of aromatic nitrogens is 2. The molecule has 0 bridgehead atoms. The van der Waals surface area contributed by atoms with E-state index in [9.17, 15) is 10.2 Å². The second kappa shape index (κ2) is 7.79. The second-order valence-corrected chi connectivity index (χ2v) is 7.20. The van der Waals surface area contributed by atoms with Crippen LogP contribution in [-0.4, -0.2) is 32.6 Å². The van der Waals surface area contributed by atoms with Crippen molar-refractivity contribution in [2.24, 2.45) is 0 Å². The molecule has 1 saturated heterocycles. The third-order valence-electron chi connectivity index (χ3n) is 4.48. The van der Waals surface area contributed by atoms with Crippen molar-refractivity contribution < 1.29 is 24.4 Å². The third-order valence-corrected chi connectivity index (χ3v) is 4.48. The molecule has 4 rings (SSSR count). The molecule has 150 valence electrons. The summed E-state index contributed by atoms with van der Waals surface area (Å²) in [4.78, 5) is 9.05. The summed E-state index contributed by atoms with van der Waals surface area (Å²) in [5.41, 5.74) is 1.98. The highest BCUT2D eigenvalue weighted by atomic mass is 16.7. The second-order valence-electron chi connectivity index (χ2n) is 7.20. The first-order chi connectivity index (χ1) is 13.9. The average Bonchev–Trinajstić information content (AvgIpc) is 3.10. The van der Waals surface area contributed by atoms with Crippen LogP contribution < -0.4 is 4.74 Å². The molecule has 7 nitrogen and oxygen atoms in total. The zero-order valence-corrected chi connectivity index (χ0v) is 16.2. The normalized spacial score (nSPS) is 18.0. The lowest BCUT2D eigenvalue weighted by Gasteiger charge is -2.17. The molecule has 29 heavy (non-hydrogen) atoms. The number of aliphatic hydroxyl groups is 1. The van der Waals surface area contributed by atoms with Crippen molar-refractivity contribution in [3.05, 3.63) is 66.0 Å². The Bertz CT molecular complexity index is 987. The minimum atomic E-state index is -0.664. The highest BCUT2D eigenvalue weighted by molar-refractivity contribution is 5.57. The van der Waals surface area contributed by atoms with Gasteiger partial charge in [-0.05, 0) is 68.4 Å². The molecule has 0 aliphatic carbocycles. The molecule has 1 aromatic heterocycles. The van der Waals surface area contributed by atoms with E-state index in [-0.39, 0.29) is 18.5 Å². The van der Waals surface area contributed by atoms with E-state index >= 15 is 0 Å². The number of nitrogens with zero attached hydrogens (tertiary/aromatic N) is 2. The van der Waals surface area contributed by atoms with Gasteiger partial charge >= 0.3 is 0 Å². The maximum atomic E-state index is 9.61. The largest absolute Gasteiger partial charge is 0.508 e. The molecule has 7 heteroatoms. The summed E-state index contributed by atoms with van der Waals surface area (Å²) >= 11 is 0. The molecular formula is C22H22N2O5. The van der Waals surface area contributed by atoms with Crippen molar-refractivity contribution >= 4 is 0 Å². The lowest BCUT2D eigenvalue weighted by molar-refractivity contribution is -0.139. The Morgan fingerprint density at radius 1 is 1.03 bits per heavy atom. The summed E-state index contributed by atoms with van der Waals surface area (Å²) in [5.74, 6) is 1.28. The van der Waals surface area contributed by atoms with Crippen LogP contribution in [0.5, 0.6) is 17.2 Å². The summed E-state index contributed by atoms with van der Waals surface area (Å²) in [6.07, 6.45) is -0.311. The summed E-state index contributed by atoms with van der Waals surface area (Å²) in [6.45, 7) is 3.92. The predicted molar refractivity (Wildman–Crippen MR) is 105 cm³/mol. The average molecular weight is 394 g/mol. The molecule has 0 spiro atoms. The van der Waals surface area contributed by atoms with Gasteiger partial charge in [0, 0.05) is 5.56 Å². The van der Waals surface area contributed by atoms with Crippen LogP contribution in [-0.2, 0) is 16.1 Å². The number of hydrogen-bond donors (Lipinski definition) is 2. The van der Waals surface area contributed by atoms with Gasteiger partial charge in [-0.15, -0.1) is 0 Å². The van der Waals surface area contributed by atoms with Gasteiger partial charge in [-0.25, -0.2) is 9.97 Å². The quantitative estimate of drug-likeness (QED) is 0.676. The van der Waals surface area contributed by atoms with E-state index in [2.05, 4.69) is 9.97 Å². The lowest BCUT2D eigenvalue weighted by Crippen LogP contribution is -2.20. The summed E-state index contributed by atoms with van der Waals surface area (Å²) in [5, 5.41) is 19.0. The van der Waals surface area contributed by atoms with E-state index < -0.39 is 5.79 Å². The van der Waals surface area contributed by atoms with Crippen molar-refractivity contribution in [3.8, 4) is 28.6 Å². The number of phenolic OH excluding ortho intramolecular Hbond substituents is 1. The number of ether oxygens (including phenoxy) is 3. The monoisotopic (exact) mass is 394 g/mol. The third kappa shape index (κ3) is 4.54. The van der Waals surface area contributed by atoms with Crippen LogP contribution in [0.1, 0.15) is 31.3 Å². The first-order valence-corrected chi connectivity index (χ1v) is 9.30. The molecule has 0 radical (unpaired) electrons. The van der Waals surface area contributed by atoms with Crippen LogP contribution in [0, 0.1) is 0 Å². The van der Waals surface area contributed by atoms with Gasteiger partial charge in [0.05, 0.1) is 24.6 Å². The highest BCUT2D eigenvalue weighted by Crippen LogP contribution is 2.33. The van der Waals surface area contributed by atoms with Gasteiger partial charge in [-0.2, -0.15) is 0 Å². The molecular weight excluding hydrogens is 372 g/mol. The van der Waals surface area contributed by atoms with E-state index in [0.29, 0.717) is 35.3 Å². The van der Waals surface area contributed by atoms with Crippen molar-refractivity contribution in [1.82, 2.24) is 9.97 Å². The van der Waals surface area contributed by atoms with Crippen LogP contribution in [0.4, 0.5) is 0 Å². The van der Waals surface area contributed by atoms with E-state index in [4.69, 9.17) is 14.2 Å². The van der Waals surface area contributed by atoms with Gasteiger partial charge in [0.2, 0.25) is 0 Å². The van der Waals surface area contributed by atoms with Crippen LogP contribution in [0.25, 0.3) is 11.4 Å². The Morgan fingerprint density at radius 2 is 1.69 bits per heavy atom. The number of phenols is 1. The fourth-order valence-corrected chi connectivity index (χ4v) is 3.05. The first kappa shape index (κ1) is 19.3. The smallest absolute Gasteiger partial charge is 0.163 e. The van der Waals surface area contributed by atoms with E-state index in [0.717, 1.165) is 5.56 Å². The van der Waals surface area contributed by atoms with Gasteiger partial charge < -0.3 is 24.4 Å². The Balaban J connectivity index is 1.57. The Morgan fingerprint density at radius 3 is 2.28 bits per heavy atom. The maximum Gasteiger partial charge on any atom is 0.163 e. The molecule has 0 amide bonds. The zero-order chi connectivity index (χ0) is 20.4. The van der Waals surface area contributed by atoms with Crippen molar-refractivity contribution in [1.29, 1.82) is 0 Å². The standard InChI is InChI=1S/C22H22N2O5/c1-22(2)27-13-20(29-22)19-11-15(12-25)23-21(24-19)14-3-7-17(8-4-14)28-18-9-5-16(26)6-10-18/h3-11,20,25-26H,12-13H2,1-2H3/t20-/m1/s1. The van der Waals surface area contributed by atoms with Gasteiger partial charge in [0.25, 0.3) is 0 Å². The molecule has 2 aromatic carbocycles. The van der Waals surface area contributed by atoms with Crippen molar-refractivity contribution in [2.75, 3.05) is 6.61 Å². The molecule has 1 fully saturated rings. The fourth-order valence-electron chi connectivity index (χ4n) is 3.05. The molecule has 0 unspecified atom stereocenters. The maximum absolute atomic E-state index is 9.61. The molecule has 1 aliphatic heterocycles. The lowest BCUT2D eigenvalue weighted by atomic mass is 10.1. The van der Waals surface area contributed by atoms with Gasteiger partial charge in [0.1, 0.15) is 23.4 Å². The SMILES string of the molecule is CC1(C)OC[C@H](c2cc(CO)nc(-c3ccc(Oc4ccc(O)cc4)cc3)n2)O1. The number of aromatic hydroxyl groups is 1. The van der Waals surface area contributed by atoms with Gasteiger partial charge in [-0.3, -0.25) is 0 Å². The van der Waals surface area contributed by atoms with Gasteiger partial charge in [-0.1, -0.05) is 0 Å². The fraction of sp³-hybridized carbons (Fsp3) is 0.273. The number of benzene rings is 2. The first-order valence-electron chi connectivity index (χ1n) is 9.30. The summed E-state index contributed by atoms with van der Waals surface area (Å²) in [7, 11) is 0. The Hall–Kier alpha value is -3.00. The molecule has 1 atom stereocenters. The van der Waals surface area contributed by atoms with Crippen LogP contribution in [0.2, 0.25) is 0 Å². The van der Waals surface area contributed by atoms with Gasteiger partial charge in [0.15, 0.2) is 11.6 Å². The van der Waals surface area contributed by atoms with Crippen LogP contribution in [0.15, 0.2) is 54.6 Å². The number of rotatable bonds is 5. The molecule has 2 heterocycles. The topological polar surface area (TPSA) is 93.9 Å². The molecule has 2 N–H and O–H groups in total. The number of aliphatic hydroxyl groups excluding tert-OH is 1. The van der Waals surface area contributed by atoms with Crippen LogP contribution >= 0.6 is 0 Å². The summed E-state index contributed by atoms with van der Waals surface area (Å²) in [6, 6.07) is 15.6. The molecule has 3 aromatic rings. The van der Waals surface area contributed by atoms with E-state index in [1.165, 1.54) is 0 Å². The van der Waals surface area contributed by atoms with Crippen molar-refractivity contribution in [2.45, 2.75) is 32.3 Å². The Kier molecular flexibility index (Phi) is 5.19. The summed E-state index contributed by atoms with van der Waals surface area (Å²) < 4.78 is 17.3. The minimum absolute atomic E-state index is 0.185.